The summed E-state index contributed by atoms with van der Waals surface area (Å²) in [5, 5.41) is 2.65. The third kappa shape index (κ3) is 3.71. The first kappa shape index (κ1) is 14.3. The van der Waals surface area contributed by atoms with Crippen LogP contribution in [-0.4, -0.2) is 5.91 Å². The Bertz CT molecular complexity index is 631. The lowest BCUT2D eigenvalue weighted by Gasteiger charge is -2.07. The van der Waals surface area contributed by atoms with Crippen LogP contribution < -0.4 is 11.1 Å². The van der Waals surface area contributed by atoms with Crippen LogP contribution in [0.15, 0.2) is 42.5 Å². The van der Waals surface area contributed by atoms with E-state index in [4.69, 9.17) is 17.3 Å². The first-order valence-corrected chi connectivity index (χ1v) is 6.52. The molecule has 0 aliphatic carbocycles. The van der Waals surface area contributed by atoms with E-state index < -0.39 is 5.82 Å². The van der Waals surface area contributed by atoms with E-state index in [0.29, 0.717) is 17.8 Å². The minimum atomic E-state index is -0.559. The Balaban J connectivity index is 1.93. The highest BCUT2D eigenvalue weighted by molar-refractivity contribution is 6.30. The topological polar surface area (TPSA) is 55.1 Å². The summed E-state index contributed by atoms with van der Waals surface area (Å²) in [6.07, 6.45) is 0.813. The number of hydrogen-bond acceptors (Lipinski definition) is 2. The van der Waals surface area contributed by atoms with E-state index in [-0.39, 0.29) is 17.4 Å². The molecular formula is C15H14ClFN2O. The predicted octanol–water partition coefficient (Wildman–Crippen LogP) is 3.63. The van der Waals surface area contributed by atoms with Crippen molar-refractivity contribution in [3.8, 4) is 0 Å². The fraction of sp³-hybridized carbons (Fsp3) is 0.133. The molecule has 1 amide bonds. The summed E-state index contributed by atoms with van der Waals surface area (Å²) in [6.45, 7) is 0. The Kier molecular flexibility index (Phi) is 4.58. The molecule has 2 aromatic rings. The van der Waals surface area contributed by atoms with Crippen molar-refractivity contribution >= 4 is 28.9 Å². The average Bonchev–Trinajstić information content (AvgIpc) is 2.42. The van der Waals surface area contributed by atoms with Gasteiger partial charge in [0.25, 0.3) is 0 Å². The van der Waals surface area contributed by atoms with Gasteiger partial charge in [-0.3, -0.25) is 4.79 Å². The zero-order valence-corrected chi connectivity index (χ0v) is 11.5. The zero-order valence-electron chi connectivity index (χ0n) is 10.7. The maximum Gasteiger partial charge on any atom is 0.224 e. The molecule has 3 N–H and O–H groups in total. The molecule has 5 heteroatoms. The molecule has 0 saturated carbocycles. The molecule has 104 valence electrons. The maximum absolute atomic E-state index is 13.2. The summed E-state index contributed by atoms with van der Waals surface area (Å²) in [7, 11) is 0. The Morgan fingerprint density at radius 2 is 2.00 bits per heavy atom. The van der Waals surface area contributed by atoms with Crippen molar-refractivity contribution in [1.82, 2.24) is 0 Å². The number of amides is 1. The minimum Gasteiger partial charge on any atom is -0.399 e. The van der Waals surface area contributed by atoms with E-state index in [2.05, 4.69) is 5.32 Å². The summed E-state index contributed by atoms with van der Waals surface area (Å²) in [5.74, 6) is -0.758. The summed E-state index contributed by atoms with van der Waals surface area (Å²) in [5.41, 5.74) is 7.77. The molecule has 0 spiro atoms. The quantitative estimate of drug-likeness (QED) is 0.846. The lowest BCUT2D eigenvalue weighted by atomic mass is 10.1. The number of halogens is 2. The summed E-state index contributed by atoms with van der Waals surface area (Å²) in [6, 6.07) is 11.5. The van der Waals surface area contributed by atoms with Gasteiger partial charge in [0.05, 0.1) is 5.02 Å². The minimum absolute atomic E-state index is 0.0278. The average molecular weight is 293 g/mol. The molecule has 0 fully saturated rings. The van der Waals surface area contributed by atoms with E-state index in [0.717, 1.165) is 5.56 Å². The first-order valence-electron chi connectivity index (χ1n) is 6.14. The van der Waals surface area contributed by atoms with Gasteiger partial charge in [0.2, 0.25) is 5.91 Å². The Hall–Kier alpha value is -2.07. The number of carbonyl (C=O) groups is 1. The molecule has 2 rings (SSSR count). The first-order chi connectivity index (χ1) is 9.56. The lowest BCUT2D eigenvalue weighted by Crippen LogP contribution is -2.12. The van der Waals surface area contributed by atoms with Crippen LogP contribution in [0.1, 0.15) is 12.0 Å². The van der Waals surface area contributed by atoms with Crippen molar-refractivity contribution in [2.24, 2.45) is 0 Å². The van der Waals surface area contributed by atoms with Crippen LogP contribution in [0.2, 0.25) is 5.02 Å². The number of rotatable bonds is 4. The van der Waals surface area contributed by atoms with Gasteiger partial charge in [-0.05, 0) is 36.2 Å². The van der Waals surface area contributed by atoms with Crippen LogP contribution in [0.3, 0.4) is 0 Å². The summed E-state index contributed by atoms with van der Waals surface area (Å²) < 4.78 is 13.2. The van der Waals surface area contributed by atoms with E-state index >= 15 is 0 Å². The zero-order chi connectivity index (χ0) is 14.5. The number of benzene rings is 2. The largest absolute Gasteiger partial charge is 0.399 e. The molecule has 0 aromatic heterocycles. The van der Waals surface area contributed by atoms with Crippen LogP contribution in [0, 0.1) is 5.82 Å². The second kappa shape index (κ2) is 6.39. The highest BCUT2D eigenvalue weighted by atomic mass is 35.5. The van der Waals surface area contributed by atoms with Crippen molar-refractivity contribution in [3.63, 3.8) is 0 Å². The molecule has 0 aliphatic heterocycles. The smallest absolute Gasteiger partial charge is 0.224 e. The van der Waals surface area contributed by atoms with E-state index in [1.165, 1.54) is 12.1 Å². The van der Waals surface area contributed by atoms with Gasteiger partial charge < -0.3 is 11.1 Å². The molecule has 0 saturated heterocycles. The van der Waals surface area contributed by atoms with Gasteiger partial charge in [0, 0.05) is 17.8 Å². The standard InChI is InChI=1S/C15H14ClFN2O/c16-12-7-6-11(9-13(12)17)19-15(20)8-5-10-3-1-2-4-14(10)18/h1-4,6-7,9H,5,8,18H2,(H,19,20). The maximum atomic E-state index is 13.2. The van der Waals surface area contributed by atoms with Crippen LogP contribution in [-0.2, 0) is 11.2 Å². The third-order valence-corrected chi connectivity index (χ3v) is 3.19. The van der Waals surface area contributed by atoms with Gasteiger partial charge in [-0.15, -0.1) is 0 Å². The monoisotopic (exact) mass is 292 g/mol. The molecule has 2 aromatic carbocycles. The molecule has 0 unspecified atom stereocenters. The third-order valence-electron chi connectivity index (χ3n) is 2.88. The number of nitrogen functional groups attached to an aromatic ring is 1. The van der Waals surface area contributed by atoms with Gasteiger partial charge in [0.1, 0.15) is 5.82 Å². The molecule has 20 heavy (non-hydrogen) atoms. The van der Waals surface area contributed by atoms with Gasteiger partial charge in [-0.25, -0.2) is 4.39 Å². The normalized spacial score (nSPS) is 10.3. The number of nitrogens with two attached hydrogens (primary N) is 1. The number of para-hydroxylation sites is 1. The summed E-state index contributed by atoms with van der Waals surface area (Å²) in [4.78, 5) is 11.8. The number of nitrogens with one attached hydrogen (secondary N) is 1. The van der Waals surface area contributed by atoms with Gasteiger partial charge in [-0.1, -0.05) is 29.8 Å². The second-order valence-electron chi connectivity index (χ2n) is 4.38. The SMILES string of the molecule is Nc1ccccc1CCC(=O)Nc1ccc(Cl)c(F)c1. The van der Waals surface area contributed by atoms with Gasteiger partial charge in [-0.2, -0.15) is 0 Å². The lowest BCUT2D eigenvalue weighted by molar-refractivity contribution is -0.116. The highest BCUT2D eigenvalue weighted by Crippen LogP contribution is 2.19. The molecule has 3 nitrogen and oxygen atoms in total. The van der Waals surface area contributed by atoms with Crippen molar-refractivity contribution in [2.45, 2.75) is 12.8 Å². The predicted molar refractivity (Wildman–Crippen MR) is 79.2 cm³/mol. The molecular weight excluding hydrogens is 279 g/mol. The summed E-state index contributed by atoms with van der Waals surface area (Å²) >= 11 is 5.57. The second-order valence-corrected chi connectivity index (χ2v) is 4.78. The van der Waals surface area contributed by atoms with Crippen molar-refractivity contribution in [3.05, 3.63) is 58.9 Å². The van der Waals surface area contributed by atoms with E-state index in [9.17, 15) is 9.18 Å². The van der Waals surface area contributed by atoms with E-state index in [1.54, 1.807) is 12.1 Å². The van der Waals surface area contributed by atoms with Crippen molar-refractivity contribution in [1.29, 1.82) is 0 Å². The van der Waals surface area contributed by atoms with E-state index in [1.807, 2.05) is 18.2 Å². The molecule has 0 radical (unpaired) electrons. The Labute approximate surface area is 121 Å². The van der Waals surface area contributed by atoms with Gasteiger partial charge in [0.15, 0.2) is 0 Å². The van der Waals surface area contributed by atoms with Crippen LogP contribution in [0.25, 0.3) is 0 Å². The molecule has 0 bridgehead atoms. The molecule has 0 atom stereocenters. The highest BCUT2D eigenvalue weighted by Gasteiger charge is 2.07. The number of hydrogen-bond donors (Lipinski definition) is 2. The van der Waals surface area contributed by atoms with Crippen LogP contribution in [0.4, 0.5) is 15.8 Å². The fourth-order valence-corrected chi connectivity index (χ4v) is 1.92. The van der Waals surface area contributed by atoms with Crippen molar-refractivity contribution < 1.29 is 9.18 Å². The van der Waals surface area contributed by atoms with Crippen LogP contribution in [0.5, 0.6) is 0 Å². The fourth-order valence-electron chi connectivity index (χ4n) is 1.81. The number of anilines is 2. The molecule has 0 heterocycles. The van der Waals surface area contributed by atoms with Crippen molar-refractivity contribution in [2.75, 3.05) is 11.1 Å². The van der Waals surface area contributed by atoms with Crippen LogP contribution >= 0.6 is 11.6 Å². The number of aryl methyl sites for hydroxylation is 1. The Morgan fingerprint density at radius 3 is 2.70 bits per heavy atom. The number of carbonyl (C=O) groups excluding carboxylic acids is 1. The Morgan fingerprint density at radius 1 is 1.25 bits per heavy atom. The molecule has 0 aliphatic rings. The van der Waals surface area contributed by atoms with Gasteiger partial charge >= 0.3 is 0 Å².